The molecule has 2 aromatic carbocycles. The van der Waals surface area contributed by atoms with Gasteiger partial charge < -0.3 is 29.7 Å². The highest BCUT2D eigenvalue weighted by molar-refractivity contribution is 6.30. The van der Waals surface area contributed by atoms with Crippen LogP contribution in [0.5, 0.6) is 11.5 Å². The van der Waals surface area contributed by atoms with Gasteiger partial charge in [0.2, 0.25) is 0 Å². The topological polar surface area (TPSA) is 120 Å². The highest BCUT2D eigenvalue weighted by atomic mass is 35.5. The van der Waals surface area contributed by atoms with Crippen LogP contribution in [-0.4, -0.2) is 56.8 Å². The molecule has 0 spiro atoms. The van der Waals surface area contributed by atoms with Crippen LogP contribution in [-0.2, 0) is 23.6 Å². The predicted molar refractivity (Wildman–Crippen MR) is 160 cm³/mol. The summed E-state index contributed by atoms with van der Waals surface area (Å²) in [5.74, 6) is 0.632. The van der Waals surface area contributed by atoms with Gasteiger partial charge in [0.05, 0.1) is 24.8 Å². The third kappa shape index (κ3) is 5.60. The first-order valence-electron chi connectivity index (χ1n) is 14.2. The average Bonchev–Trinajstić information content (AvgIpc) is 3.53. The molecular weight excluding hydrogens is 575 g/mol. The number of imidazole rings is 1. The molecule has 0 amide bonds. The maximum Gasteiger partial charge on any atom is 0.278 e. The second-order valence-corrected chi connectivity index (χ2v) is 11.7. The molecule has 0 saturated carbocycles. The third-order valence-corrected chi connectivity index (χ3v) is 8.57. The summed E-state index contributed by atoms with van der Waals surface area (Å²) >= 11 is 5.97. The number of aromatic nitrogens is 3. The maximum absolute atomic E-state index is 14.8. The van der Waals surface area contributed by atoms with E-state index >= 15 is 0 Å². The van der Waals surface area contributed by atoms with E-state index in [0.717, 1.165) is 43.0 Å². The fourth-order valence-corrected chi connectivity index (χ4v) is 6.10. The number of pyridine rings is 1. The zero-order valence-electron chi connectivity index (χ0n) is 24.3. The number of rotatable bonds is 8. The molecule has 0 bridgehead atoms. The van der Waals surface area contributed by atoms with Gasteiger partial charge in [-0.25, -0.2) is 14.4 Å². The minimum absolute atomic E-state index is 0.0155. The van der Waals surface area contributed by atoms with Gasteiger partial charge in [0.15, 0.2) is 23.0 Å². The lowest BCUT2D eigenvalue weighted by Gasteiger charge is -2.32. The standard InChI is InChI=1S/C31H34ClFN6O4/c1-18(41-3)16-39-27(36-25-13-20(29(34)37-40)15-35-30(25)39)17-38-11-9-19(10-12-38)22-5-4-6-26-28(22)43-31(2,42-26)23-8-7-21(32)14-24(23)33/h4-8,13-15,18-19,40H,9-12,16-17H2,1-3H3,(H2,34,37)/t18-,31+/m1/s1. The van der Waals surface area contributed by atoms with Gasteiger partial charge in [0.1, 0.15) is 17.2 Å². The van der Waals surface area contributed by atoms with E-state index < -0.39 is 11.6 Å². The fourth-order valence-electron chi connectivity index (χ4n) is 5.94. The third-order valence-electron chi connectivity index (χ3n) is 8.33. The summed E-state index contributed by atoms with van der Waals surface area (Å²) in [6, 6.07) is 12.2. The van der Waals surface area contributed by atoms with E-state index in [1.165, 1.54) is 6.07 Å². The molecular formula is C31H34ClFN6O4. The van der Waals surface area contributed by atoms with Gasteiger partial charge in [-0.05, 0) is 69.1 Å². The van der Waals surface area contributed by atoms with Crippen LogP contribution in [0.4, 0.5) is 4.39 Å². The Morgan fingerprint density at radius 2 is 2.05 bits per heavy atom. The summed E-state index contributed by atoms with van der Waals surface area (Å²) in [5, 5.41) is 12.5. The maximum atomic E-state index is 14.8. The van der Waals surface area contributed by atoms with Crippen molar-refractivity contribution in [3.05, 3.63) is 82.0 Å². The number of fused-ring (bicyclic) bond motifs is 2. The number of methoxy groups -OCH3 is 1. The molecule has 1 fully saturated rings. The molecule has 0 unspecified atom stereocenters. The van der Waals surface area contributed by atoms with Crippen molar-refractivity contribution < 1.29 is 23.8 Å². The number of para-hydroxylation sites is 1. The van der Waals surface area contributed by atoms with Crippen molar-refractivity contribution in [2.24, 2.45) is 10.9 Å². The van der Waals surface area contributed by atoms with Crippen molar-refractivity contribution in [2.45, 2.75) is 57.6 Å². The molecule has 10 nitrogen and oxygen atoms in total. The summed E-state index contributed by atoms with van der Waals surface area (Å²) in [6.07, 6.45) is 3.36. The van der Waals surface area contributed by atoms with Gasteiger partial charge in [0, 0.05) is 36.4 Å². The fraction of sp³-hybridized carbons (Fsp3) is 0.387. The predicted octanol–water partition coefficient (Wildman–Crippen LogP) is 5.38. The number of halogens is 2. The average molecular weight is 609 g/mol. The van der Waals surface area contributed by atoms with Crippen molar-refractivity contribution in [3.63, 3.8) is 0 Å². The number of benzene rings is 2. The first kappa shape index (κ1) is 29.2. The second-order valence-electron chi connectivity index (χ2n) is 11.2. The number of hydrogen-bond donors (Lipinski definition) is 2. The summed E-state index contributed by atoms with van der Waals surface area (Å²) in [7, 11) is 1.68. The molecule has 43 heavy (non-hydrogen) atoms. The van der Waals surface area contributed by atoms with Crippen LogP contribution in [0.1, 0.15) is 55.1 Å². The van der Waals surface area contributed by atoms with E-state index in [-0.39, 0.29) is 17.9 Å². The quantitative estimate of drug-likeness (QED) is 0.118. The number of ether oxygens (including phenoxy) is 3. The van der Waals surface area contributed by atoms with E-state index in [9.17, 15) is 4.39 Å². The molecule has 0 aliphatic carbocycles. The Labute approximate surface area is 253 Å². The minimum atomic E-state index is -1.28. The molecule has 1 saturated heterocycles. The molecule has 2 atom stereocenters. The number of nitrogens with zero attached hydrogens (tertiary/aromatic N) is 5. The number of piperidine rings is 1. The molecule has 2 aromatic heterocycles. The molecule has 0 radical (unpaired) electrons. The summed E-state index contributed by atoms with van der Waals surface area (Å²) in [6.45, 7) is 6.66. The Balaban J connectivity index is 1.19. The highest BCUT2D eigenvalue weighted by Gasteiger charge is 2.43. The van der Waals surface area contributed by atoms with E-state index in [1.54, 1.807) is 38.4 Å². The van der Waals surface area contributed by atoms with E-state index in [4.69, 9.17) is 41.7 Å². The molecule has 226 valence electrons. The number of oxime groups is 1. The van der Waals surface area contributed by atoms with Crippen molar-refractivity contribution in [1.82, 2.24) is 19.4 Å². The van der Waals surface area contributed by atoms with Crippen LogP contribution >= 0.6 is 11.6 Å². The zero-order valence-corrected chi connectivity index (χ0v) is 25.0. The van der Waals surface area contributed by atoms with E-state index in [1.807, 2.05) is 19.1 Å². The van der Waals surface area contributed by atoms with Crippen LogP contribution < -0.4 is 15.2 Å². The van der Waals surface area contributed by atoms with Gasteiger partial charge in [-0.3, -0.25) is 4.90 Å². The van der Waals surface area contributed by atoms with Crippen molar-refractivity contribution in [1.29, 1.82) is 0 Å². The number of likely N-dealkylation sites (tertiary alicyclic amines) is 1. The molecule has 4 aromatic rings. The monoisotopic (exact) mass is 608 g/mol. The van der Waals surface area contributed by atoms with Gasteiger partial charge in [-0.15, -0.1) is 0 Å². The second kappa shape index (κ2) is 11.6. The molecule has 2 aliphatic heterocycles. The summed E-state index contributed by atoms with van der Waals surface area (Å²) < 4.78 is 35.0. The van der Waals surface area contributed by atoms with Gasteiger partial charge in [-0.2, -0.15) is 0 Å². The van der Waals surface area contributed by atoms with Crippen LogP contribution in [0.3, 0.4) is 0 Å². The normalized spacial score (nSPS) is 20.2. The van der Waals surface area contributed by atoms with Crippen molar-refractivity contribution in [2.75, 3.05) is 20.2 Å². The zero-order chi connectivity index (χ0) is 30.3. The lowest BCUT2D eigenvalue weighted by molar-refractivity contribution is -0.0712. The molecule has 2 aliphatic rings. The van der Waals surface area contributed by atoms with Crippen LogP contribution in [0.25, 0.3) is 11.2 Å². The van der Waals surface area contributed by atoms with Crippen LogP contribution in [0.15, 0.2) is 53.8 Å². The van der Waals surface area contributed by atoms with Crippen LogP contribution in [0.2, 0.25) is 5.02 Å². The van der Waals surface area contributed by atoms with E-state index in [2.05, 4.69) is 25.7 Å². The molecule has 3 N–H and O–H groups in total. The highest BCUT2D eigenvalue weighted by Crippen LogP contribution is 2.49. The van der Waals surface area contributed by atoms with E-state index in [0.29, 0.717) is 46.3 Å². The minimum Gasteiger partial charge on any atom is -0.444 e. The first-order chi connectivity index (χ1) is 20.7. The lowest BCUT2D eigenvalue weighted by Crippen LogP contribution is -2.34. The number of hydrogen-bond acceptors (Lipinski definition) is 8. The van der Waals surface area contributed by atoms with Gasteiger partial charge >= 0.3 is 0 Å². The number of amidine groups is 1. The molecule has 6 rings (SSSR count). The Kier molecular flexibility index (Phi) is 7.89. The SMILES string of the molecule is CO[C@H](C)Cn1c(CN2CCC(c3cccc4c3O[C@@](C)(c3ccc(Cl)cc3F)O4)CC2)nc2cc(C(N)=NO)cnc21. The van der Waals surface area contributed by atoms with Crippen molar-refractivity contribution >= 4 is 28.6 Å². The van der Waals surface area contributed by atoms with Gasteiger partial charge in [0.25, 0.3) is 5.79 Å². The van der Waals surface area contributed by atoms with Crippen molar-refractivity contribution in [3.8, 4) is 11.5 Å². The Morgan fingerprint density at radius 1 is 1.26 bits per heavy atom. The van der Waals surface area contributed by atoms with Gasteiger partial charge in [-0.1, -0.05) is 28.9 Å². The molecule has 12 heteroatoms. The Bertz CT molecular complexity index is 1690. The summed E-state index contributed by atoms with van der Waals surface area (Å²) in [4.78, 5) is 11.8. The largest absolute Gasteiger partial charge is 0.444 e. The number of nitrogens with two attached hydrogens (primary N) is 1. The van der Waals surface area contributed by atoms with Crippen LogP contribution in [0, 0.1) is 5.82 Å². The Morgan fingerprint density at radius 3 is 2.77 bits per heavy atom. The lowest BCUT2D eigenvalue weighted by atomic mass is 9.88. The Hall–Kier alpha value is -3.93. The molecule has 4 heterocycles. The first-order valence-corrected chi connectivity index (χ1v) is 14.6. The summed E-state index contributed by atoms with van der Waals surface area (Å²) in [5.41, 5.74) is 9.06. The smallest absolute Gasteiger partial charge is 0.278 e.